The molecule has 5 aromatic rings. The molecule has 0 aliphatic heterocycles. The van der Waals surface area contributed by atoms with Crippen molar-refractivity contribution in [2.45, 2.75) is 13.0 Å². The van der Waals surface area contributed by atoms with Crippen molar-refractivity contribution >= 4 is 27.7 Å². The number of fused-ring (bicyclic) bond motifs is 3. The number of nitrogens with zero attached hydrogens (tertiary/aromatic N) is 1. The molecule has 1 heterocycles. The maximum Gasteiger partial charge on any atom is 0.249 e. The summed E-state index contributed by atoms with van der Waals surface area (Å²) in [6.45, 7) is 0.564. The van der Waals surface area contributed by atoms with Crippen molar-refractivity contribution in [2.75, 3.05) is 0 Å². The number of rotatable bonds is 5. The lowest BCUT2D eigenvalue weighted by Gasteiger charge is -2.13. The number of aromatic nitrogens is 1. The minimum Gasteiger partial charge on any atom is -0.366 e. The standard InChI is InChI=1S/C27H21FN2O/c28-21-13-14-22-25(16-21)30(24-12-6-11-23(26(22)24)27(29)31)17-20-10-5-4-9-19(20)15-18-7-2-1-3-8-18/h1-14,16H,15,17H2,(H2,29,31). The molecule has 152 valence electrons. The second-order valence-corrected chi connectivity index (χ2v) is 7.74. The van der Waals surface area contributed by atoms with Gasteiger partial charge in [0.1, 0.15) is 5.82 Å². The maximum atomic E-state index is 14.2. The highest BCUT2D eigenvalue weighted by Crippen LogP contribution is 2.33. The van der Waals surface area contributed by atoms with Gasteiger partial charge in [-0.3, -0.25) is 4.79 Å². The highest BCUT2D eigenvalue weighted by Gasteiger charge is 2.17. The molecular formula is C27H21FN2O. The van der Waals surface area contributed by atoms with Gasteiger partial charge in [-0.1, -0.05) is 60.7 Å². The number of amides is 1. The number of halogens is 1. The van der Waals surface area contributed by atoms with E-state index in [1.807, 2.05) is 42.5 Å². The number of nitrogens with two attached hydrogens (primary N) is 1. The third-order valence-corrected chi connectivity index (χ3v) is 5.80. The van der Waals surface area contributed by atoms with Crippen molar-refractivity contribution in [3.05, 3.63) is 119 Å². The molecule has 0 bridgehead atoms. The number of hydrogen-bond acceptors (Lipinski definition) is 1. The Morgan fingerprint density at radius 2 is 1.55 bits per heavy atom. The van der Waals surface area contributed by atoms with E-state index in [1.54, 1.807) is 12.1 Å². The van der Waals surface area contributed by atoms with Crippen molar-refractivity contribution in [1.82, 2.24) is 4.57 Å². The van der Waals surface area contributed by atoms with Gasteiger partial charge in [0.15, 0.2) is 0 Å². The molecule has 31 heavy (non-hydrogen) atoms. The summed E-state index contributed by atoms with van der Waals surface area (Å²) in [6, 6.07) is 28.8. The molecule has 4 heteroatoms. The first-order chi connectivity index (χ1) is 15.1. The fourth-order valence-electron chi connectivity index (χ4n) is 4.36. The van der Waals surface area contributed by atoms with Crippen LogP contribution in [0.5, 0.6) is 0 Å². The largest absolute Gasteiger partial charge is 0.366 e. The lowest BCUT2D eigenvalue weighted by molar-refractivity contribution is 0.100. The Balaban J connectivity index is 1.69. The Morgan fingerprint density at radius 3 is 2.32 bits per heavy atom. The summed E-state index contributed by atoms with van der Waals surface area (Å²) in [5, 5.41) is 1.59. The van der Waals surface area contributed by atoms with Gasteiger partial charge >= 0.3 is 0 Å². The van der Waals surface area contributed by atoms with E-state index >= 15 is 0 Å². The van der Waals surface area contributed by atoms with Crippen LogP contribution in [0.4, 0.5) is 4.39 Å². The Morgan fingerprint density at radius 1 is 0.806 bits per heavy atom. The van der Waals surface area contributed by atoms with Crippen LogP contribution in [0, 0.1) is 5.82 Å². The highest BCUT2D eigenvalue weighted by atomic mass is 19.1. The molecule has 0 aliphatic rings. The van der Waals surface area contributed by atoms with Crippen LogP contribution in [-0.2, 0) is 13.0 Å². The summed E-state index contributed by atoms with van der Waals surface area (Å²) in [4.78, 5) is 12.1. The van der Waals surface area contributed by atoms with Crippen LogP contribution in [-0.4, -0.2) is 10.5 Å². The van der Waals surface area contributed by atoms with E-state index in [0.29, 0.717) is 12.1 Å². The van der Waals surface area contributed by atoms with Gasteiger partial charge in [0.2, 0.25) is 5.91 Å². The molecule has 1 amide bonds. The van der Waals surface area contributed by atoms with E-state index in [-0.39, 0.29) is 5.82 Å². The van der Waals surface area contributed by atoms with Crippen LogP contribution in [0.1, 0.15) is 27.0 Å². The predicted molar refractivity (Wildman–Crippen MR) is 123 cm³/mol. The smallest absolute Gasteiger partial charge is 0.249 e. The van der Waals surface area contributed by atoms with E-state index in [2.05, 4.69) is 28.8 Å². The Kier molecular flexibility index (Phi) is 4.75. The van der Waals surface area contributed by atoms with Gasteiger partial charge in [0.05, 0.1) is 11.0 Å². The first-order valence-corrected chi connectivity index (χ1v) is 10.2. The second-order valence-electron chi connectivity index (χ2n) is 7.74. The average Bonchev–Trinajstić information content (AvgIpc) is 3.08. The fourth-order valence-corrected chi connectivity index (χ4v) is 4.36. The van der Waals surface area contributed by atoms with Crippen LogP contribution >= 0.6 is 0 Å². The number of hydrogen-bond donors (Lipinski definition) is 1. The molecule has 4 aromatic carbocycles. The summed E-state index contributed by atoms with van der Waals surface area (Å²) in [6.07, 6.45) is 0.815. The maximum absolute atomic E-state index is 14.2. The Labute approximate surface area is 179 Å². The molecular weight excluding hydrogens is 387 g/mol. The zero-order valence-corrected chi connectivity index (χ0v) is 16.9. The molecule has 0 saturated heterocycles. The van der Waals surface area contributed by atoms with E-state index in [1.165, 1.54) is 23.3 Å². The highest BCUT2D eigenvalue weighted by molar-refractivity contribution is 6.17. The average molecular weight is 408 g/mol. The van der Waals surface area contributed by atoms with Gasteiger partial charge in [0.25, 0.3) is 0 Å². The molecule has 0 aliphatic carbocycles. The minimum absolute atomic E-state index is 0.310. The summed E-state index contributed by atoms with van der Waals surface area (Å²) in [5.41, 5.74) is 11.3. The van der Waals surface area contributed by atoms with E-state index in [0.717, 1.165) is 33.8 Å². The number of carbonyl (C=O) groups excluding carboxylic acids is 1. The molecule has 0 saturated carbocycles. The van der Waals surface area contributed by atoms with Gasteiger partial charge in [-0.2, -0.15) is 0 Å². The lowest BCUT2D eigenvalue weighted by Crippen LogP contribution is -2.11. The molecule has 0 unspecified atom stereocenters. The van der Waals surface area contributed by atoms with Gasteiger partial charge in [0, 0.05) is 22.9 Å². The predicted octanol–water partition coefficient (Wildman–Crippen LogP) is 5.67. The molecule has 0 spiro atoms. The zero-order chi connectivity index (χ0) is 21.4. The molecule has 3 nitrogen and oxygen atoms in total. The van der Waals surface area contributed by atoms with Crippen LogP contribution < -0.4 is 5.73 Å². The molecule has 0 fully saturated rings. The van der Waals surface area contributed by atoms with Gasteiger partial charge in [-0.15, -0.1) is 0 Å². The van der Waals surface area contributed by atoms with E-state index in [4.69, 9.17) is 5.73 Å². The molecule has 0 radical (unpaired) electrons. The lowest BCUT2D eigenvalue weighted by atomic mass is 9.99. The van der Waals surface area contributed by atoms with Crippen molar-refractivity contribution in [2.24, 2.45) is 5.73 Å². The Hall–Kier alpha value is -3.92. The first kappa shape index (κ1) is 19.1. The summed E-state index contributed by atoms with van der Waals surface area (Å²) in [7, 11) is 0. The van der Waals surface area contributed by atoms with Crippen molar-refractivity contribution < 1.29 is 9.18 Å². The monoisotopic (exact) mass is 408 g/mol. The zero-order valence-electron chi connectivity index (χ0n) is 16.9. The van der Waals surface area contributed by atoms with Crippen molar-refractivity contribution in [3.63, 3.8) is 0 Å². The van der Waals surface area contributed by atoms with E-state index in [9.17, 15) is 9.18 Å². The molecule has 2 N–H and O–H groups in total. The first-order valence-electron chi connectivity index (χ1n) is 10.2. The fraction of sp³-hybridized carbons (Fsp3) is 0.0741. The Bertz CT molecular complexity index is 1420. The van der Waals surface area contributed by atoms with Crippen molar-refractivity contribution in [1.29, 1.82) is 0 Å². The van der Waals surface area contributed by atoms with Crippen molar-refractivity contribution in [3.8, 4) is 0 Å². The van der Waals surface area contributed by atoms with E-state index < -0.39 is 5.91 Å². The second kappa shape index (κ2) is 7.73. The van der Waals surface area contributed by atoms with Crippen LogP contribution in [0.25, 0.3) is 21.8 Å². The summed E-state index contributed by atoms with van der Waals surface area (Å²) in [5.74, 6) is -0.798. The van der Waals surface area contributed by atoms with Crippen LogP contribution in [0.15, 0.2) is 91.0 Å². The third-order valence-electron chi connectivity index (χ3n) is 5.80. The van der Waals surface area contributed by atoms with Gasteiger partial charge in [-0.25, -0.2) is 4.39 Å². The van der Waals surface area contributed by atoms with Gasteiger partial charge < -0.3 is 10.3 Å². The van der Waals surface area contributed by atoms with Crippen LogP contribution in [0.3, 0.4) is 0 Å². The molecule has 5 rings (SSSR count). The number of carbonyl (C=O) groups is 1. The number of primary amides is 1. The van der Waals surface area contributed by atoms with Gasteiger partial charge in [-0.05, 0) is 53.4 Å². The number of benzene rings is 4. The summed E-state index contributed by atoms with van der Waals surface area (Å²) >= 11 is 0. The minimum atomic E-state index is -0.488. The molecule has 0 atom stereocenters. The third kappa shape index (κ3) is 3.46. The summed E-state index contributed by atoms with van der Waals surface area (Å²) < 4.78 is 16.3. The molecule has 1 aromatic heterocycles. The SMILES string of the molecule is NC(=O)c1cccc2c1c1ccc(F)cc1n2Cc1ccccc1Cc1ccccc1. The topological polar surface area (TPSA) is 48.0 Å². The van der Waals surface area contributed by atoms with Crippen LogP contribution in [0.2, 0.25) is 0 Å². The quantitative estimate of drug-likeness (QED) is 0.400. The normalized spacial score (nSPS) is 11.3.